The molecule has 0 spiro atoms. The van der Waals surface area contributed by atoms with E-state index in [0.717, 1.165) is 12.1 Å². The number of carboxylic acid groups (broad SMARTS) is 2. The Labute approximate surface area is 107 Å². The number of hydrogen-bond acceptors (Lipinski definition) is 4. The van der Waals surface area contributed by atoms with Gasteiger partial charge in [0.05, 0.1) is 16.8 Å². The molecule has 1 aromatic rings. The summed E-state index contributed by atoms with van der Waals surface area (Å²) in [7, 11) is 0. The number of aromatic carboxylic acids is 2. The van der Waals surface area contributed by atoms with Crippen molar-refractivity contribution in [1.29, 1.82) is 0 Å². The Morgan fingerprint density at radius 1 is 1.11 bits per heavy atom. The molecule has 1 amide bonds. The lowest BCUT2D eigenvalue weighted by Crippen LogP contribution is -2.18. The van der Waals surface area contributed by atoms with Gasteiger partial charge in [0.2, 0.25) is 0 Å². The molecule has 1 rings (SSSR count). The summed E-state index contributed by atoms with van der Waals surface area (Å²) in [4.78, 5) is 33.5. The summed E-state index contributed by atoms with van der Waals surface area (Å²) < 4.78 is 0. The van der Waals surface area contributed by atoms with Crippen LogP contribution in [-0.4, -0.2) is 33.2 Å². The van der Waals surface area contributed by atoms with Crippen molar-refractivity contribution < 1.29 is 29.7 Å². The third-order valence-corrected chi connectivity index (χ3v) is 2.21. The summed E-state index contributed by atoms with van der Waals surface area (Å²) in [6.45, 7) is 4.75. The van der Waals surface area contributed by atoms with Gasteiger partial charge < -0.3 is 20.6 Å². The van der Waals surface area contributed by atoms with Gasteiger partial charge in [-0.2, -0.15) is 0 Å². The lowest BCUT2D eigenvalue weighted by atomic mass is 10.1. The second-order valence-electron chi connectivity index (χ2n) is 3.76. The zero-order valence-electron chi connectivity index (χ0n) is 9.93. The first-order chi connectivity index (χ1) is 8.73. The van der Waals surface area contributed by atoms with Gasteiger partial charge in [0, 0.05) is 5.57 Å². The van der Waals surface area contributed by atoms with E-state index >= 15 is 0 Å². The summed E-state index contributed by atoms with van der Waals surface area (Å²) in [6.07, 6.45) is 0. The summed E-state index contributed by atoms with van der Waals surface area (Å²) in [5, 5.41) is 29.4. The molecular weight excluding hydrogens is 254 g/mol. The quantitative estimate of drug-likeness (QED) is 0.480. The maximum atomic E-state index is 11.5. The number of phenols is 1. The number of carbonyl (C=O) groups excluding carboxylic acids is 1. The Balaban J connectivity index is 3.47. The molecule has 100 valence electrons. The highest BCUT2D eigenvalue weighted by Gasteiger charge is 2.22. The maximum Gasteiger partial charge on any atom is 0.337 e. The summed E-state index contributed by atoms with van der Waals surface area (Å²) in [5.74, 6) is -4.19. The fourth-order valence-electron chi connectivity index (χ4n) is 1.32. The molecule has 4 N–H and O–H groups in total. The number of phenolic OH excluding ortho intramolecular Hbond substituents is 1. The van der Waals surface area contributed by atoms with Crippen LogP contribution >= 0.6 is 0 Å². The standard InChI is InChI=1S/C12H11NO6/c1-5(2)10(15)13-9-7(11(16)17)3-6(14)4-8(9)12(18)19/h3-4,14H,1H2,2H3,(H,13,15)(H,16,17)(H,18,19). The predicted molar refractivity (Wildman–Crippen MR) is 65.5 cm³/mol. The summed E-state index contributed by atoms with van der Waals surface area (Å²) in [5.41, 5.74) is -1.36. The van der Waals surface area contributed by atoms with Crippen LogP contribution in [0, 0.1) is 0 Å². The third kappa shape index (κ3) is 3.09. The second-order valence-corrected chi connectivity index (χ2v) is 3.76. The topological polar surface area (TPSA) is 124 Å². The number of nitrogens with one attached hydrogen (secondary N) is 1. The number of hydrogen-bond donors (Lipinski definition) is 4. The molecule has 7 nitrogen and oxygen atoms in total. The lowest BCUT2D eigenvalue weighted by Gasteiger charge is -2.12. The molecule has 7 heteroatoms. The van der Waals surface area contributed by atoms with Crippen LogP contribution in [0.15, 0.2) is 24.3 Å². The Kier molecular flexibility index (Phi) is 3.91. The van der Waals surface area contributed by atoms with Crippen LogP contribution in [0.1, 0.15) is 27.6 Å². The van der Waals surface area contributed by atoms with Gasteiger partial charge in [-0.1, -0.05) is 6.58 Å². The first kappa shape index (κ1) is 14.2. The molecule has 0 fully saturated rings. The average Bonchev–Trinajstić information content (AvgIpc) is 2.29. The van der Waals surface area contributed by atoms with E-state index in [1.54, 1.807) is 0 Å². The zero-order chi connectivity index (χ0) is 14.7. The Hall–Kier alpha value is -2.83. The third-order valence-electron chi connectivity index (χ3n) is 2.21. The molecule has 0 atom stereocenters. The first-order valence-corrected chi connectivity index (χ1v) is 5.04. The number of amides is 1. The van der Waals surface area contributed by atoms with Gasteiger partial charge in [0.1, 0.15) is 5.75 Å². The van der Waals surface area contributed by atoms with Crippen LogP contribution in [-0.2, 0) is 4.79 Å². The molecule has 1 aromatic carbocycles. The maximum absolute atomic E-state index is 11.5. The number of carboxylic acids is 2. The smallest absolute Gasteiger partial charge is 0.337 e. The van der Waals surface area contributed by atoms with Crippen molar-refractivity contribution in [2.24, 2.45) is 0 Å². The minimum absolute atomic E-state index is 0.0840. The Morgan fingerprint density at radius 3 is 1.84 bits per heavy atom. The Morgan fingerprint density at radius 2 is 1.53 bits per heavy atom. The highest BCUT2D eigenvalue weighted by Crippen LogP contribution is 2.27. The van der Waals surface area contributed by atoms with E-state index in [1.165, 1.54) is 6.92 Å². The zero-order valence-corrected chi connectivity index (χ0v) is 9.93. The highest BCUT2D eigenvalue weighted by molar-refractivity contribution is 6.11. The number of benzene rings is 1. The largest absolute Gasteiger partial charge is 0.508 e. The van der Waals surface area contributed by atoms with Crippen molar-refractivity contribution in [3.8, 4) is 5.75 Å². The van der Waals surface area contributed by atoms with Crippen LogP contribution in [0.2, 0.25) is 0 Å². The highest BCUT2D eigenvalue weighted by atomic mass is 16.4. The van der Waals surface area contributed by atoms with Crippen LogP contribution < -0.4 is 5.32 Å². The molecule has 0 radical (unpaired) electrons. The molecule has 0 aliphatic carbocycles. The fraction of sp³-hybridized carbons (Fsp3) is 0.0833. The number of aromatic hydroxyl groups is 1. The van der Waals surface area contributed by atoms with E-state index in [4.69, 9.17) is 10.2 Å². The number of carbonyl (C=O) groups is 3. The van der Waals surface area contributed by atoms with Crippen molar-refractivity contribution in [1.82, 2.24) is 0 Å². The average molecular weight is 265 g/mol. The van der Waals surface area contributed by atoms with E-state index < -0.39 is 40.4 Å². The second kappa shape index (κ2) is 5.21. The molecule has 0 saturated heterocycles. The van der Waals surface area contributed by atoms with Crippen molar-refractivity contribution in [2.45, 2.75) is 6.92 Å². The minimum Gasteiger partial charge on any atom is -0.508 e. The van der Waals surface area contributed by atoms with Gasteiger partial charge in [0.25, 0.3) is 5.91 Å². The predicted octanol–water partition coefficient (Wildman–Crippen LogP) is 1.30. The van der Waals surface area contributed by atoms with Gasteiger partial charge in [-0.25, -0.2) is 9.59 Å². The normalized spacial score (nSPS) is 9.74. The van der Waals surface area contributed by atoms with Gasteiger partial charge >= 0.3 is 11.9 Å². The molecule has 0 aliphatic rings. The van der Waals surface area contributed by atoms with Crippen molar-refractivity contribution in [2.75, 3.05) is 5.32 Å². The van der Waals surface area contributed by atoms with E-state index in [1.807, 2.05) is 0 Å². The van der Waals surface area contributed by atoms with Crippen molar-refractivity contribution in [3.05, 3.63) is 35.4 Å². The number of rotatable bonds is 4. The molecule has 0 bridgehead atoms. The SMILES string of the molecule is C=C(C)C(=O)Nc1c(C(=O)O)cc(O)cc1C(=O)O. The van der Waals surface area contributed by atoms with Gasteiger partial charge in [-0.15, -0.1) is 0 Å². The fourth-order valence-corrected chi connectivity index (χ4v) is 1.32. The van der Waals surface area contributed by atoms with Crippen LogP contribution in [0.3, 0.4) is 0 Å². The van der Waals surface area contributed by atoms with Crippen molar-refractivity contribution >= 4 is 23.5 Å². The van der Waals surface area contributed by atoms with E-state index in [2.05, 4.69) is 11.9 Å². The molecule has 0 unspecified atom stereocenters. The monoisotopic (exact) mass is 265 g/mol. The van der Waals surface area contributed by atoms with Crippen molar-refractivity contribution in [3.63, 3.8) is 0 Å². The summed E-state index contributed by atoms with van der Waals surface area (Å²) >= 11 is 0. The minimum atomic E-state index is -1.48. The van der Waals surface area contributed by atoms with Crippen LogP contribution in [0.25, 0.3) is 0 Å². The van der Waals surface area contributed by atoms with Crippen LogP contribution in [0.5, 0.6) is 5.75 Å². The van der Waals surface area contributed by atoms with Gasteiger partial charge in [-0.05, 0) is 19.1 Å². The molecule has 0 aromatic heterocycles. The molecule has 0 aliphatic heterocycles. The molecular formula is C12H11NO6. The Bertz CT molecular complexity index is 555. The lowest BCUT2D eigenvalue weighted by molar-refractivity contribution is -0.112. The number of anilines is 1. The van der Waals surface area contributed by atoms with Gasteiger partial charge in [0.15, 0.2) is 0 Å². The summed E-state index contributed by atoms with van der Waals surface area (Å²) in [6, 6.07) is 1.70. The van der Waals surface area contributed by atoms with E-state index in [9.17, 15) is 19.5 Å². The first-order valence-electron chi connectivity index (χ1n) is 5.04. The van der Waals surface area contributed by atoms with Gasteiger partial charge in [-0.3, -0.25) is 4.79 Å². The van der Waals surface area contributed by atoms with E-state index in [-0.39, 0.29) is 5.57 Å². The van der Waals surface area contributed by atoms with E-state index in [0.29, 0.717) is 0 Å². The molecule has 0 heterocycles. The molecule has 19 heavy (non-hydrogen) atoms. The molecule has 0 saturated carbocycles. The van der Waals surface area contributed by atoms with Crippen LogP contribution in [0.4, 0.5) is 5.69 Å².